The van der Waals surface area contributed by atoms with E-state index >= 15 is 0 Å². The van der Waals surface area contributed by atoms with Gasteiger partial charge in [0.1, 0.15) is 19.1 Å². The van der Waals surface area contributed by atoms with Crippen LogP contribution in [0.1, 0.15) is 18.5 Å². The molecule has 1 heterocycles. The molecular formula is C21H25F2N2O2S+. The molecule has 1 fully saturated rings. The second-order valence-corrected chi connectivity index (χ2v) is 7.93. The highest BCUT2D eigenvalue weighted by Gasteiger charge is 2.32. The first kappa shape index (κ1) is 20.8. The molecule has 4 nitrogen and oxygen atoms in total. The maximum atomic E-state index is 13.3. The number of morpholine rings is 1. The standard InChI is InChI=1S/C21H24F2N2O2S/c1-15(24-20(26)14-28-17-7-8-18(22)19(23)13-17)21(16-5-3-2-4-6-16)25-9-11-27-12-10-25/h2-8,13,15,21H,9-12,14H2,1H3,(H,24,26)/p+1/t15-,21-/m1/s1. The predicted octanol–water partition coefficient (Wildman–Crippen LogP) is 2.22. The van der Waals surface area contributed by atoms with Crippen molar-refractivity contribution in [3.05, 3.63) is 65.7 Å². The van der Waals surface area contributed by atoms with Gasteiger partial charge < -0.3 is 15.0 Å². The summed E-state index contributed by atoms with van der Waals surface area (Å²) in [7, 11) is 0. The summed E-state index contributed by atoms with van der Waals surface area (Å²) in [6, 6.07) is 13.9. The Labute approximate surface area is 168 Å². The lowest BCUT2D eigenvalue weighted by molar-refractivity contribution is -0.940. The van der Waals surface area contributed by atoms with Gasteiger partial charge in [-0.2, -0.15) is 0 Å². The van der Waals surface area contributed by atoms with Gasteiger partial charge >= 0.3 is 0 Å². The molecule has 0 spiro atoms. The topological polar surface area (TPSA) is 42.8 Å². The third-order valence-corrected chi connectivity index (χ3v) is 5.88. The number of rotatable bonds is 7. The molecule has 1 saturated heterocycles. The lowest BCUT2D eigenvalue weighted by Gasteiger charge is -2.35. The average molecular weight is 408 g/mol. The Balaban J connectivity index is 1.62. The van der Waals surface area contributed by atoms with E-state index in [0.29, 0.717) is 18.1 Å². The van der Waals surface area contributed by atoms with E-state index < -0.39 is 11.6 Å². The van der Waals surface area contributed by atoms with E-state index in [0.717, 1.165) is 25.2 Å². The first-order valence-corrected chi connectivity index (χ1v) is 10.4. The monoisotopic (exact) mass is 407 g/mol. The Morgan fingerprint density at radius 1 is 1.14 bits per heavy atom. The van der Waals surface area contributed by atoms with Crippen molar-refractivity contribution in [2.75, 3.05) is 32.1 Å². The van der Waals surface area contributed by atoms with Crippen LogP contribution >= 0.6 is 11.8 Å². The third kappa shape index (κ3) is 5.53. The second kappa shape index (κ2) is 10.0. The van der Waals surface area contributed by atoms with E-state index in [1.807, 2.05) is 25.1 Å². The van der Waals surface area contributed by atoms with Crippen molar-refractivity contribution in [2.24, 2.45) is 0 Å². The van der Waals surface area contributed by atoms with E-state index in [1.54, 1.807) is 0 Å². The number of carbonyl (C=O) groups is 1. The minimum atomic E-state index is -0.904. The number of hydrogen-bond donors (Lipinski definition) is 2. The normalized spacial score (nSPS) is 17.1. The summed E-state index contributed by atoms with van der Waals surface area (Å²) in [5.74, 6) is -1.77. The van der Waals surface area contributed by atoms with Gasteiger partial charge in [0.15, 0.2) is 11.6 Å². The molecule has 0 radical (unpaired) electrons. The van der Waals surface area contributed by atoms with Crippen LogP contribution < -0.4 is 10.2 Å². The number of carbonyl (C=O) groups excluding carboxylic acids is 1. The van der Waals surface area contributed by atoms with Crippen molar-refractivity contribution in [3.8, 4) is 0 Å². The summed E-state index contributed by atoms with van der Waals surface area (Å²) in [5, 5.41) is 3.08. The van der Waals surface area contributed by atoms with Crippen LogP contribution in [0, 0.1) is 11.6 Å². The van der Waals surface area contributed by atoms with Crippen LogP contribution in [0.15, 0.2) is 53.4 Å². The SMILES string of the molecule is C[C@@H](NC(=O)CSc1ccc(F)c(F)c1)[C@H](c1ccccc1)[NH+]1CCOCC1. The highest BCUT2D eigenvalue weighted by molar-refractivity contribution is 8.00. The molecule has 28 heavy (non-hydrogen) atoms. The van der Waals surface area contributed by atoms with Gasteiger partial charge in [-0.1, -0.05) is 30.3 Å². The molecule has 2 aromatic rings. The summed E-state index contributed by atoms with van der Waals surface area (Å²) in [6.45, 7) is 5.23. The zero-order valence-corrected chi connectivity index (χ0v) is 16.6. The average Bonchev–Trinajstić information content (AvgIpc) is 2.71. The molecule has 1 amide bonds. The van der Waals surface area contributed by atoms with Crippen molar-refractivity contribution in [3.63, 3.8) is 0 Å². The van der Waals surface area contributed by atoms with Gasteiger partial charge in [-0.05, 0) is 25.1 Å². The van der Waals surface area contributed by atoms with Crippen LogP contribution in [0.25, 0.3) is 0 Å². The second-order valence-electron chi connectivity index (χ2n) is 6.88. The van der Waals surface area contributed by atoms with Gasteiger partial charge in [-0.25, -0.2) is 8.78 Å². The molecular weight excluding hydrogens is 382 g/mol. The number of ether oxygens (including phenoxy) is 1. The quantitative estimate of drug-likeness (QED) is 0.692. The number of halogens is 2. The maximum absolute atomic E-state index is 13.3. The smallest absolute Gasteiger partial charge is 0.230 e. The van der Waals surface area contributed by atoms with Crippen molar-refractivity contribution < 1.29 is 23.2 Å². The van der Waals surface area contributed by atoms with Crippen molar-refractivity contribution in [2.45, 2.75) is 23.9 Å². The number of benzene rings is 2. The molecule has 7 heteroatoms. The summed E-state index contributed by atoms with van der Waals surface area (Å²) in [4.78, 5) is 14.4. The first-order chi connectivity index (χ1) is 13.5. The number of amides is 1. The summed E-state index contributed by atoms with van der Waals surface area (Å²) in [5.41, 5.74) is 1.18. The van der Waals surface area contributed by atoms with Gasteiger partial charge in [-0.15, -0.1) is 11.8 Å². The summed E-state index contributed by atoms with van der Waals surface area (Å²) in [6.07, 6.45) is 0. The molecule has 0 saturated carbocycles. The van der Waals surface area contributed by atoms with Gasteiger partial charge in [-0.3, -0.25) is 4.79 Å². The van der Waals surface area contributed by atoms with Crippen LogP contribution in [0.4, 0.5) is 8.78 Å². The van der Waals surface area contributed by atoms with Crippen LogP contribution in [-0.2, 0) is 9.53 Å². The Hall–Kier alpha value is -1.96. The Bertz CT molecular complexity index is 785. The largest absolute Gasteiger partial charge is 0.370 e. The highest BCUT2D eigenvalue weighted by Crippen LogP contribution is 2.20. The van der Waals surface area contributed by atoms with Gasteiger partial charge in [0.05, 0.1) is 25.0 Å². The third-order valence-electron chi connectivity index (χ3n) is 4.88. The van der Waals surface area contributed by atoms with Gasteiger partial charge in [0.25, 0.3) is 0 Å². The van der Waals surface area contributed by atoms with Crippen molar-refractivity contribution in [1.29, 1.82) is 0 Å². The number of quaternary nitrogens is 1. The lowest BCUT2D eigenvalue weighted by atomic mass is 9.98. The Morgan fingerprint density at radius 2 is 1.86 bits per heavy atom. The molecule has 2 N–H and O–H groups in total. The molecule has 2 atom stereocenters. The fourth-order valence-corrected chi connectivity index (χ4v) is 4.31. The number of thioether (sulfide) groups is 1. The predicted molar refractivity (Wildman–Crippen MR) is 105 cm³/mol. The van der Waals surface area contributed by atoms with Crippen LogP contribution in [0.3, 0.4) is 0 Å². The van der Waals surface area contributed by atoms with Crippen LogP contribution in [0.5, 0.6) is 0 Å². The molecule has 0 unspecified atom stereocenters. The van der Waals surface area contributed by atoms with E-state index in [4.69, 9.17) is 4.74 Å². The molecule has 0 aromatic heterocycles. The minimum Gasteiger partial charge on any atom is -0.370 e. The molecule has 0 bridgehead atoms. The van der Waals surface area contributed by atoms with E-state index in [-0.39, 0.29) is 23.7 Å². The van der Waals surface area contributed by atoms with Crippen molar-refractivity contribution >= 4 is 17.7 Å². The number of hydrogen-bond acceptors (Lipinski definition) is 3. The summed E-state index contributed by atoms with van der Waals surface area (Å²) >= 11 is 1.19. The fraction of sp³-hybridized carbons (Fsp3) is 0.381. The van der Waals surface area contributed by atoms with Crippen LogP contribution in [0.2, 0.25) is 0 Å². The van der Waals surface area contributed by atoms with Gasteiger partial charge in [0, 0.05) is 10.5 Å². The Kier molecular flexibility index (Phi) is 7.42. The molecule has 1 aliphatic heterocycles. The molecule has 2 aromatic carbocycles. The fourth-order valence-electron chi connectivity index (χ4n) is 3.58. The zero-order chi connectivity index (χ0) is 19.9. The highest BCUT2D eigenvalue weighted by atomic mass is 32.2. The number of nitrogens with one attached hydrogen (secondary N) is 2. The zero-order valence-electron chi connectivity index (χ0n) is 15.8. The molecule has 150 valence electrons. The Morgan fingerprint density at radius 3 is 2.54 bits per heavy atom. The minimum absolute atomic E-state index is 0.0754. The van der Waals surface area contributed by atoms with E-state index in [1.165, 1.54) is 28.3 Å². The van der Waals surface area contributed by atoms with Gasteiger partial charge in [0.2, 0.25) is 5.91 Å². The van der Waals surface area contributed by atoms with E-state index in [2.05, 4.69) is 17.4 Å². The molecule has 0 aliphatic carbocycles. The molecule has 1 aliphatic rings. The lowest BCUT2D eigenvalue weighted by Crippen LogP contribution is -3.15. The first-order valence-electron chi connectivity index (χ1n) is 9.39. The van der Waals surface area contributed by atoms with Crippen molar-refractivity contribution in [1.82, 2.24) is 5.32 Å². The summed E-state index contributed by atoms with van der Waals surface area (Å²) < 4.78 is 31.8. The maximum Gasteiger partial charge on any atom is 0.230 e. The van der Waals surface area contributed by atoms with Crippen LogP contribution in [-0.4, -0.2) is 44.0 Å². The van der Waals surface area contributed by atoms with E-state index in [9.17, 15) is 13.6 Å². The molecule has 3 rings (SSSR count).